The van der Waals surface area contributed by atoms with Crippen molar-refractivity contribution in [1.82, 2.24) is 20.5 Å². The highest BCUT2D eigenvalue weighted by Crippen LogP contribution is 2.10. The van der Waals surface area contributed by atoms with Crippen LogP contribution < -0.4 is 10.6 Å². The second-order valence-corrected chi connectivity index (χ2v) is 7.43. The topological polar surface area (TPSA) is 52.6 Å². The summed E-state index contributed by atoms with van der Waals surface area (Å²) in [6.45, 7) is 5.16. The van der Waals surface area contributed by atoms with Crippen molar-refractivity contribution in [3.8, 4) is 0 Å². The van der Waals surface area contributed by atoms with Crippen molar-refractivity contribution in [2.45, 2.75) is 45.4 Å². The summed E-state index contributed by atoms with van der Waals surface area (Å²) in [5.41, 5.74) is 0. The highest BCUT2D eigenvalue weighted by Gasteiger charge is 2.00. The third-order valence-electron chi connectivity index (χ3n) is 3.60. The highest BCUT2D eigenvalue weighted by molar-refractivity contribution is 7.11. The molecule has 23 heavy (non-hydrogen) atoms. The van der Waals surface area contributed by atoms with Crippen LogP contribution in [-0.2, 0) is 6.42 Å². The molecule has 0 aromatic carbocycles. The van der Waals surface area contributed by atoms with Gasteiger partial charge in [-0.15, -0.1) is 11.3 Å². The molecule has 0 spiro atoms. The molecule has 5 nitrogen and oxygen atoms in total. The third kappa shape index (κ3) is 10.3. The zero-order chi connectivity index (χ0) is 16.9. The van der Waals surface area contributed by atoms with Crippen molar-refractivity contribution in [3.63, 3.8) is 0 Å². The van der Waals surface area contributed by atoms with Gasteiger partial charge in [0.2, 0.25) is 0 Å². The number of hydrogen-bond acceptors (Lipinski definition) is 4. The van der Waals surface area contributed by atoms with Gasteiger partial charge in [-0.05, 0) is 40.4 Å². The molecule has 1 aromatic rings. The lowest BCUT2D eigenvalue weighted by atomic mass is 10.1. The molecule has 0 radical (unpaired) electrons. The van der Waals surface area contributed by atoms with E-state index in [9.17, 15) is 0 Å². The molecule has 0 fully saturated rings. The maximum Gasteiger partial charge on any atom is 0.190 e. The van der Waals surface area contributed by atoms with Crippen LogP contribution in [0.3, 0.4) is 0 Å². The maximum atomic E-state index is 4.38. The summed E-state index contributed by atoms with van der Waals surface area (Å²) >= 11 is 1.77. The fraction of sp³-hybridized carbons (Fsp3) is 0.765. The Kier molecular flexibility index (Phi) is 10.6. The van der Waals surface area contributed by atoms with Crippen molar-refractivity contribution in [2.75, 3.05) is 40.8 Å². The first-order valence-electron chi connectivity index (χ1n) is 8.62. The van der Waals surface area contributed by atoms with E-state index < -0.39 is 0 Å². The van der Waals surface area contributed by atoms with Gasteiger partial charge in [-0.3, -0.25) is 4.99 Å². The highest BCUT2D eigenvalue weighted by atomic mass is 32.1. The van der Waals surface area contributed by atoms with Crippen LogP contribution in [0.5, 0.6) is 0 Å². The predicted octanol–water partition coefficient (Wildman–Crippen LogP) is 2.67. The summed E-state index contributed by atoms with van der Waals surface area (Å²) in [4.78, 5) is 12.2. The summed E-state index contributed by atoms with van der Waals surface area (Å²) in [6, 6.07) is 0. The fourth-order valence-corrected chi connectivity index (χ4v) is 3.10. The van der Waals surface area contributed by atoms with E-state index in [4.69, 9.17) is 0 Å². The Morgan fingerprint density at radius 3 is 2.48 bits per heavy atom. The van der Waals surface area contributed by atoms with Crippen LogP contribution in [0.1, 0.15) is 42.0 Å². The second kappa shape index (κ2) is 12.3. The van der Waals surface area contributed by atoms with Gasteiger partial charge in [-0.25, -0.2) is 4.98 Å². The minimum atomic E-state index is 0.872. The Labute approximate surface area is 145 Å². The molecule has 1 heterocycles. The van der Waals surface area contributed by atoms with Crippen LogP contribution >= 0.6 is 11.3 Å². The Bertz CT molecular complexity index is 442. The van der Waals surface area contributed by atoms with Crippen LogP contribution in [0, 0.1) is 6.92 Å². The lowest BCUT2D eigenvalue weighted by Gasteiger charge is -2.11. The van der Waals surface area contributed by atoms with E-state index in [-0.39, 0.29) is 0 Å². The molecule has 0 bridgehead atoms. The molecule has 2 N–H and O–H groups in total. The second-order valence-electron chi connectivity index (χ2n) is 6.11. The van der Waals surface area contributed by atoms with Gasteiger partial charge in [0.1, 0.15) is 0 Å². The monoisotopic (exact) mass is 339 g/mol. The number of nitrogens with one attached hydrogen (secondary N) is 2. The third-order valence-corrected chi connectivity index (χ3v) is 4.57. The minimum Gasteiger partial charge on any atom is -0.356 e. The zero-order valence-electron chi connectivity index (χ0n) is 15.2. The number of rotatable bonds is 11. The zero-order valence-corrected chi connectivity index (χ0v) is 16.0. The fourth-order valence-electron chi connectivity index (χ4n) is 2.32. The lowest BCUT2D eigenvalue weighted by Crippen LogP contribution is -2.38. The molecule has 0 saturated carbocycles. The van der Waals surface area contributed by atoms with Gasteiger partial charge in [-0.1, -0.05) is 19.3 Å². The van der Waals surface area contributed by atoms with Gasteiger partial charge in [0.15, 0.2) is 5.96 Å². The SMILES string of the molecule is CN=C(NCCCCCCCN(C)C)NCCc1ncc(C)s1. The molecule has 0 aliphatic rings. The lowest BCUT2D eigenvalue weighted by molar-refractivity contribution is 0.389. The Balaban J connectivity index is 1.99. The molecular weight excluding hydrogens is 306 g/mol. The van der Waals surface area contributed by atoms with Crippen molar-refractivity contribution in [1.29, 1.82) is 0 Å². The molecule has 6 heteroatoms. The standard InChI is InChI=1S/C17H33N5S/c1-15-14-21-16(23-15)10-12-20-17(18-2)19-11-8-6-5-7-9-13-22(3)4/h14H,5-13H2,1-4H3,(H2,18,19,20). The van der Waals surface area contributed by atoms with Crippen LogP contribution in [0.2, 0.25) is 0 Å². The molecule has 0 aliphatic carbocycles. The number of aromatic nitrogens is 1. The summed E-state index contributed by atoms with van der Waals surface area (Å²) in [5, 5.41) is 7.92. The summed E-state index contributed by atoms with van der Waals surface area (Å²) in [6.07, 6.45) is 9.34. The van der Waals surface area contributed by atoms with Crippen molar-refractivity contribution < 1.29 is 0 Å². The molecule has 0 aliphatic heterocycles. The minimum absolute atomic E-state index is 0.872. The number of guanidine groups is 1. The number of unbranched alkanes of at least 4 members (excludes halogenated alkanes) is 4. The van der Waals surface area contributed by atoms with E-state index in [0.29, 0.717) is 0 Å². The molecule has 1 aromatic heterocycles. The van der Waals surface area contributed by atoms with E-state index in [1.54, 1.807) is 11.3 Å². The van der Waals surface area contributed by atoms with E-state index in [2.05, 4.69) is 46.5 Å². The average molecular weight is 340 g/mol. The Morgan fingerprint density at radius 2 is 1.83 bits per heavy atom. The van der Waals surface area contributed by atoms with E-state index >= 15 is 0 Å². The van der Waals surface area contributed by atoms with Crippen LogP contribution in [-0.4, -0.2) is 56.6 Å². The number of aliphatic imine (C=N–C) groups is 1. The number of thiazole rings is 1. The molecular formula is C17H33N5S. The van der Waals surface area contributed by atoms with Gasteiger partial charge in [0.05, 0.1) is 5.01 Å². The van der Waals surface area contributed by atoms with Crippen LogP contribution in [0.4, 0.5) is 0 Å². The van der Waals surface area contributed by atoms with E-state index in [1.165, 1.54) is 48.5 Å². The normalized spacial score (nSPS) is 12.0. The molecule has 0 atom stereocenters. The largest absolute Gasteiger partial charge is 0.356 e. The van der Waals surface area contributed by atoms with Gasteiger partial charge in [0.25, 0.3) is 0 Å². The first kappa shape index (κ1) is 19.9. The van der Waals surface area contributed by atoms with Gasteiger partial charge in [-0.2, -0.15) is 0 Å². The molecule has 0 saturated heterocycles. The summed E-state index contributed by atoms with van der Waals surface area (Å²) < 4.78 is 0. The first-order valence-corrected chi connectivity index (χ1v) is 9.44. The van der Waals surface area contributed by atoms with Crippen molar-refractivity contribution >= 4 is 17.3 Å². The maximum absolute atomic E-state index is 4.38. The van der Waals surface area contributed by atoms with Gasteiger partial charge < -0.3 is 15.5 Å². The van der Waals surface area contributed by atoms with Gasteiger partial charge in [0, 0.05) is 37.6 Å². The molecule has 0 amide bonds. The number of nitrogens with zero attached hydrogens (tertiary/aromatic N) is 3. The smallest absolute Gasteiger partial charge is 0.190 e. The van der Waals surface area contributed by atoms with Crippen LogP contribution in [0.25, 0.3) is 0 Å². The van der Waals surface area contributed by atoms with E-state index in [0.717, 1.165) is 25.5 Å². The summed E-state index contributed by atoms with van der Waals surface area (Å²) in [5.74, 6) is 0.894. The molecule has 132 valence electrons. The number of aryl methyl sites for hydroxylation is 1. The molecule has 1 rings (SSSR count). The Morgan fingerprint density at radius 1 is 1.13 bits per heavy atom. The Hall–Kier alpha value is -1.14. The average Bonchev–Trinajstić information content (AvgIpc) is 2.93. The summed E-state index contributed by atoms with van der Waals surface area (Å²) in [7, 11) is 6.10. The van der Waals surface area contributed by atoms with Crippen molar-refractivity contribution in [3.05, 3.63) is 16.1 Å². The molecule has 0 unspecified atom stereocenters. The van der Waals surface area contributed by atoms with Gasteiger partial charge >= 0.3 is 0 Å². The quantitative estimate of drug-likeness (QED) is 0.370. The number of hydrogen-bond donors (Lipinski definition) is 2. The predicted molar refractivity (Wildman–Crippen MR) is 102 cm³/mol. The van der Waals surface area contributed by atoms with E-state index in [1.807, 2.05) is 13.2 Å². The van der Waals surface area contributed by atoms with Crippen LogP contribution in [0.15, 0.2) is 11.2 Å². The van der Waals surface area contributed by atoms with Crippen molar-refractivity contribution in [2.24, 2.45) is 4.99 Å². The first-order chi connectivity index (χ1) is 11.1.